The van der Waals surface area contributed by atoms with Crippen LogP contribution in [-0.4, -0.2) is 10.9 Å². The second kappa shape index (κ2) is 5.50. The van der Waals surface area contributed by atoms with E-state index in [-0.39, 0.29) is 10.6 Å². The molecule has 0 aliphatic heterocycles. The Morgan fingerprint density at radius 1 is 1.25 bits per heavy atom. The van der Waals surface area contributed by atoms with Crippen molar-refractivity contribution in [2.24, 2.45) is 0 Å². The second-order valence-electron chi connectivity index (χ2n) is 3.98. The number of aryl methyl sites for hydroxylation is 1. The number of aromatic nitrogens is 1. The van der Waals surface area contributed by atoms with Crippen LogP contribution in [0.4, 0.5) is 18.9 Å². The molecule has 0 saturated heterocycles. The van der Waals surface area contributed by atoms with Gasteiger partial charge in [0.25, 0.3) is 5.91 Å². The molecule has 1 aromatic heterocycles. The highest BCUT2D eigenvalue weighted by molar-refractivity contribution is 6.34. The summed E-state index contributed by atoms with van der Waals surface area (Å²) >= 11 is 5.86. The number of benzene rings is 1. The lowest BCUT2D eigenvalue weighted by Gasteiger charge is -2.08. The van der Waals surface area contributed by atoms with Crippen LogP contribution < -0.4 is 5.32 Å². The summed E-state index contributed by atoms with van der Waals surface area (Å²) in [5, 5.41) is 2.23. The van der Waals surface area contributed by atoms with E-state index in [1.54, 1.807) is 6.92 Å². The van der Waals surface area contributed by atoms with E-state index < -0.39 is 29.0 Å². The molecule has 0 spiro atoms. The fraction of sp³-hybridized carbons (Fsp3) is 0.0769. The van der Waals surface area contributed by atoms with Crippen molar-refractivity contribution < 1.29 is 18.0 Å². The predicted molar refractivity (Wildman–Crippen MR) is 68.3 cm³/mol. The minimum absolute atomic E-state index is 0.00130. The molecule has 1 N–H and O–H groups in total. The first kappa shape index (κ1) is 14.3. The second-order valence-corrected chi connectivity index (χ2v) is 4.39. The van der Waals surface area contributed by atoms with E-state index in [1.165, 1.54) is 12.3 Å². The smallest absolute Gasteiger partial charge is 0.258 e. The monoisotopic (exact) mass is 300 g/mol. The fourth-order valence-corrected chi connectivity index (χ4v) is 1.80. The molecule has 20 heavy (non-hydrogen) atoms. The maximum atomic E-state index is 13.4. The molecule has 1 heterocycles. The Morgan fingerprint density at radius 3 is 2.60 bits per heavy atom. The fourth-order valence-electron chi connectivity index (χ4n) is 1.51. The molecule has 0 fully saturated rings. The summed E-state index contributed by atoms with van der Waals surface area (Å²) in [6.07, 6.45) is 1.21. The van der Waals surface area contributed by atoms with Crippen LogP contribution in [-0.2, 0) is 0 Å². The Morgan fingerprint density at radius 2 is 1.95 bits per heavy atom. The molecule has 7 heteroatoms. The average Bonchev–Trinajstić information content (AvgIpc) is 2.39. The molecule has 1 aromatic carbocycles. The summed E-state index contributed by atoms with van der Waals surface area (Å²) < 4.78 is 39.2. The first-order valence-electron chi connectivity index (χ1n) is 5.47. The van der Waals surface area contributed by atoms with Crippen LogP contribution >= 0.6 is 11.6 Å². The molecule has 0 saturated carbocycles. The van der Waals surface area contributed by atoms with Gasteiger partial charge in [0.1, 0.15) is 0 Å². The highest BCUT2D eigenvalue weighted by atomic mass is 35.5. The maximum absolute atomic E-state index is 13.4. The van der Waals surface area contributed by atoms with Crippen molar-refractivity contribution in [1.29, 1.82) is 0 Å². The average molecular weight is 301 g/mol. The van der Waals surface area contributed by atoms with Gasteiger partial charge in [0.15, 0.2) is 17.5 Å². The van der Waals surface area contributed by atoms with Crippen LogP contribution in [0.15, 0.2) is 24.4 Å². The number of pyridine rings is 1. The van der Waals surface area contributed by atoms with E-state index in [0.29, 0.717) is 11.8 Å². The SMILES string of the molecule is Cc1cc(Cl)c(C(=O)Nc2ccc(F)c(F)c2F)cn1. The minimum atomic E-state index is -1.66. The van der Waals surface area contributed by atoms with Gasteiger partial charge >= 0.3 is 0 Å². The lowest BCUT2D eigenvalue weighted by atomic mass is 10.2. The number of hydrogen-bond acceptors (Lipinski definition) is 2. The Balaban J connectivity index is 2.30. The van der Waals surface area contributed by atoms with Crippen LogP contribution in [0.25, 0.3) is 0 Å². The predicted octanol–water partition coefficient (Wildman–Crippen LogP) is 3.71. The van der Waals surface area contributed by atoms with Gasteiger partial charge in [-0.15, -0.1) is 0 Å². The lowest BCUT2D eigenvalue weighted by molar-refractivity contribution is 0.102. The van der Waals surface area contributed by atoms with Crippen LogP contribution in [0, 0.1) is 24.4 Å². The molecule has 1 amide bonds. The normalized spacial score (nSPS) is 10.4. The van der Waals surface area contributed by atoms with Gasteiger partial charge in [0.2, 0.25) is 0 Å². The van der Waals surface area contributed by atoms with Gasteiger partial charge in [-0.1, -0.05) is 11.6 Å². The highest BCUT2D eigenvalue weighted by Gasteiger charge is 2.17. The first-order chi connectivity index (χ1) is 9.40. The quantitative estimate of drug-likeness (QED) is 0.859. The molecule has 0 atom stereocenters. The van der Waals surface area contributed by atoms with E-state index in [1.807, 2.05) is 0 Å². The Kier molecular flexibility index (Phi) is 3.94. The lowest BCUT2D eigenvalue weighted by Crippen LogP contribution is -2.15. The number of carbonyl (C=O) groups excluding carboxylic acids is 1. The Hall–Kier alpha value is -2.08. The molecule has 104 valence electrons. The molecule has 3 nitrogen and oxygen atoms in total. The molecule has 0 aliphatic carbocycles. The largest absolute Gasteiger partial charge is 0.319 e. The number of nitrogens with one attached hydrogen (secondary N) is 1. The van der Waals surface area contributed by atoms with Gasteiger partial charge in [-0.25, -0.2) is 13.2 Å². The topological polar surface area (TPSA) is 42.0 Å². The van der Waals surface area contributed by atoms with E-state index in [9.17, 15) is 18.0 Å². The third kappa shape index (κ3) is 2.75. The van der Waals surface area contributed by atoms with Gasteiger partial charge < -0.3 is 5.32 Å². The summed E-state index contributed by atoms with van der Waals surface area (Å²) in [6, 6.07) is 3.09. The van der Waals surface area contributed by atoms with E-state index >= 15 is 0 Å². The zero-order chi connectivity index (χ0) is 14.9. The highest BCUT2D eigenvalue weighted by Crippen LogP contribution is 2.22. The van der Waals surface area contributed by atoms with Crippen molar-refractivity contribution in [3.8, 4) is 0 Å². The van der Waals surface area contributed by atoms with Gasteiger partial charge in [-0.3, -0.25) is 9.78 Å². The van der Waals surface area contributed by atoms with Gasteiger partial charge in [-0.05, 0) is 25.1 Å². The summed E-state index contributed by atoms with van der Waals surface area (Å²) in [5.41, 5.74) is 0.123. The molecular weight excluding hydrogens is 293 g/mol. The number of hydrogen-bond donors (Lipinski definition) is 1. The molecule has 0 bridgehead atoms. The third-order valence-electron chi connectivity index (χ3n) is 2.52. The number of nitrogens with zero attached hydrogens (tertiary/aromatic N) is 1. The van der Waals surface area contributed by atoms with Crippen molar-refractivity contribution in [3.05, 3.63) is 58.1 Å². The van der Waals surface area contributed by atoms with Gasteiger partial charge in [-0.2, -0.15) is 0 Å². The van der Waals surface area contributed by atoms with Gasteiger partial charge in [0.05, 0.1) is 16.3 Å². The van der Waals surface area contributed by atoms with Crippen molar-refractivity contribution in [2.75, 3.05) is 5.32 Å². The van der Waals surface area contributed by atoms with Crippen LogP contribution in [0.3, 0.4) is 0 Å². The van der Waals surface area contributed by atoms with Crippen LogP contribution in [0.5, 0.6) is 0 Å². The maximum Gasteiger partial charge on any atom is 0.258 e. The summed E-state index contributed by atoms with van der Waals surface area (Å²) in [5.74, 6) is -5.24. The summed E-state index contributed by atoms with van der Waals surface area (Å²) in [4.78, 5) is 15.8. The Labute approximate surface area is 117 Å². The zero-order valence-electron chi connectivity index (χ0n) is 10.2. The number of amides is 1. The number of rotatable bonds is 2. The molecule has 2 rings (SSSR count). The standard InChI is InChI=1S/C13H8ClF3N2O/c1-6-4-8(14)7(5-18-6)13(20)19-10-3-2-9(15)11(16)12(10)17/h2-5H,1H3,(H,19,20). The van der Waals surface area contributed by atoms with Crippen LogP contribution in [0.1, 0.15) is 16.1 Å². The molecular formula is C13H8ClF3N2O. The summed E-state index contributed by atoms with van der Waals surface area (Å²) in [6.45, 7) is 1.68. The van der Waals surface area contributed by atoms with Gasteiger partial charge in [0, 0.05) is 11.9 Å². The molecule has 0 unspecified atom stereocenters. The van der Waals surface area contributed by atoms with E-state index in [2.05, 4.69) is 10.3 Å². The van der Waals surface area contributed by atoms with E-state index in [4.69, 9.17) is 11.6 Å². The zero-order valence-corrected chi connectivity index (χ0v) is 10.9. The third-order valence-corrected chi connectivity index (χ3v) is 2.83. The van der Waals surface area contributed by atoms with Crippen LogP contribution in [0.2, 0.25) is 5.02 Å². The van der Waals surface area contributed by atoms with Crippen molar-refractivity contribution >= 4 is 23.2 Å². The van der Waals surface area contributed by atoms with Crippen molar-refractivity contribution in [3.63, 3.8) is 0 Å². The Bertz CT molecular complexity index is 692. The van der Waals surface area contributed by atoms with Crippen molar-refractivity contribution in [2.45, 2.75) is 6.92 Å². The summed E-state index contributed by atoms with van der Waals surface area (Å²) in [7, 11) is 0. The molecule has 0 radical (unpaired) electrons. The minimum Gasteiger partial charge on any atom is -0.319 e. The number of carbonyl (C=O) groups is 1. The molecule has 0 aliphatic rings. The molecule has 2 aromatic rings. The van der Waals surface area contributed by atoms with Crippen molar-refractivity contribution in [1.82, 2.24) is 4.98 Å². The number of anilines is 1. The first-order valence-corrected chi connectivity index (χ1v) is 5.85. The number of halogens is 4. The van der Waals surface area contributed by atoms with E-state index in [0.717, 1.165) is 6.07 Å².